The second-order valence-electron chi connectivity index (χ2n) is 3.90. The van der Waals surface area contributed by atoms with Gasteiger partial charge in [-0.25, -0.2) is 4.39 Å². The lowest BCUT2D eigenvalue weighted by molar-refractivity contribution is 0.625. The lowest BCUT2D eigenvalue weighted by Crippen LogP contribution is -1.86. The molecule has 0 N–H and O–H groups in total. The molecule has 3 rings (SSSR count). The summed E-state index contributed by atoms with van der Waals surface area (Å²) in [5, 5.41) is 8.82. The molecule has 0 spiro atoms. The van der Waals surface area contributed by atoms with Crippen molar-refractivity contribution in [2.75, 3.05) is 0 Å². The number of hydrogen-bond acceptors (Lipinski definition) is 1. The zero-order valence-electron chi connectivity index (χ0n) is 8.94. The molecule has 80 valence electrons. The molecule has 17 heavy (non-hydrogen) atoms. The molecule has 0 unspecified atom stereocenters. The van der Waals surface area contributed by atoms with Gasteiger partial charge in [-0.3, -0.25) is 0 Å². The van der Waals surface area contributed by atoms with Crippen LogP contribution in [0.15, 0.2) is 48.5 Å². The predicted molar refractivity (Wildman–Crippen MR) is 64.5 cm³/mol. The molecule has 2 aromatic carbocycles. The van der Waals surface area contributed by atoms with E-state index in [1.165, 1.54) is 12.1 Å². The van der Waals surface area contributed by atoms with Crippen LogP contribution >= 0.6 is 0 Å². The summed E-state index contributed by atoms with van der Waals surface area (Å²) in [6, 6.07) is 14.7. The number of benzene rings is 2. The first-order valence-electron chi connectivity index (χ1n) is 5.31. The van der Waals surface area contributed by atoms with Crippen molar-refractivity contribution in [1.29, 1.82) is 5.26 Å². The Morgan fingerprint density at radius 1 is 0.941 bits per heavy atom. The maximum Gasteiger partial charge on any atom is 0.131 e. The van der Waals surface area contributed by atoms with Gasteiger partial charge in [0.15, 0.2) is 0 Å². The summed E-state index contributed by atoms with van der Waals surface area (Å²) in [5.74, 6) is -0.278. The zero-order chi connectivity index (χ0) is 11.8. The maximum atomic E-state index is 13.9. The van der Waals surface area contributed by atoms with Crippen molar-refractivity contribution in [2.45, 2.75) is 0 Å². The molecule has 0 aromatic heterocycles. The van der Waals surface area contributed by atoms with Gasteiger partial charge in [-0.2, -0.15) is 5.26 Å². The van der Waals surface area contributed by atoms with Crippen LogP contribution in [0.3, 0.4) is 0 Å². The van der Waals surface area contributed by atoms with Crippen molar-refractivity contribution in [1.82, 2.24) is 0 Å². The Morgan fingerprint density at radius 2 is 1.65 bits per heavy atom. The van der Waals surface area contributed by atoms with Crippen molar-refractivity contribution in [3.63, 3.8) is 0 Å². The van der Waals surface area contributed by atoms with Crippen molar-refractivity contribution in [3.8, 4) is 17.2 Å². The summed E-state index contributed by atoms with van der Waals surface area (Å²) in [6.45, 7) is 0. The van der Waals surface area contributed by atoms with E-state index in [0.29, 0.717) is 11.1 Å². The lowest BCUT2D eigenvalue weighted by atomic mass is 10.0. The molecule has 2 heteroatoms. The smallest absolute Gasteiger partial charge is 0.131 e. The molecule has 0 saturated heterocycles. The Labute approximate surface area is 98.4 Å². The van der Waals surface area contributed by atoms with E-state index in [9.17, 15) is 4.39 Å². The fourth-order valence-electron chi connectivity index (χ4n) is 2.32. The predicted octanol–water partition coefficient (Wildman–Crippen LogP) is 3.76. The van der Waals surface area contributed by atoms with Gasteiger partial charge in [0.1, 0.15) is 5.82 Å². The van der Waals surface area contributed by atoms with Gasteiger partial charge in [0.25, 0.3) is 0 Å². The van der Waals surface area contributed by atoms with Crippen LogP contribution in [0.4, 0.5) is 4.39 Å². The molecule has 1 aliphatic rings. The third kappa shape index (κ3) is 1.29. The third-order valence-corrected chi connectivity index (χ3v) is 3.00. The number of fused-ring (bicyclic) bond motifs is 3. The van der Waals surface area contributed by atoms with Gasteiger partial charge in [0, 0.05) is 17.2 Å². The number of nitriles is 1. The highest BCUT2D eigenvalue weighted by Gasteiger charge is 2.25. The van der Waals surface area contributed by atoms with Crippen LogP contribution in [-0.2, 0) is 0 Å². The van der Waals surface area contributed by atoms with E-state index in [0.717, 1.165) is 16.7 Å². The number of hydrogen-bond donors (Lipinski definition) is 0. The van der Waals surface area contributed by atoms with E-state index in [2.05, 4.69) is 0 Å². The van der Waals surface area contributed by atoms with Gasteiger partial charge >= 0.3 is 0 Å². The largest absolute Gasteiger partial charge is 0.206 e. The van der Waals surface area contributed by atoms with Gasteiger partial charge in [-0.15, -0.1) is 0 Å². The number of rotatable bonds is 0. The SMILES string of the molecule is N#C/C=C1\c2ccccc2-c2cccc(F)c21. The molecule has 0 amide bonds. The molecule has 0 saturated carbocycles. The van der Waals surface area contributed by atoms with Crippen LogP contribution in [0.2, 0.25) is 0 Å². The highest BCUT2D eigenvalue weighted by molar-refractivity contribution is 6.01. The molecular weight excluding hydrogens is 213 g/mol. The summed E-state index contributed by atoms with van der Waals surface area (Å²) in [7, 11) is 0. The Hall–Kier alpha value is -2.40. The molecule has 0 aliphatic heterocycles. The minimum Gasteiger partial charge on any atom is -0.206 e. The average Bonchev–Trinajstić information content (AvgIpc) is 2.67. The van der Waals surface area contributed by atoms with Crippen molar-refractivity contribution >= 4 is 5.57 Å². The first kappa shape index (κ1) is 9.80. The monoisotopic (exact) mass is 221 g/mol. The van der Waals surface area contributed by atoms with Crippen LogP contribution in [0, 0.1) is 17.1 Å². The molecule has 2 aromatic rings. The van der Waals surface area contributed by atoms with Crippen LogP contribution in [0.5, 0.6) is 0 Å². The molecule has 0 bridgehead atoms. The third-order valence-electron chi connectivity index (χ3n) is 3.00. The van der Waals surface area contributed by atoms with Gasteiger partial charge < -0.3 is 0 Å². The van der Waals surface area contributed by atoms with Crippen molar-refractivity contribution < 1.29 is 4.39 Å². The number of allylic oxidation sites excluding steroid dienone is 1. The van der Waals surface area contributed by atoms with E-state index >= 15 is 0 Å². The number of halogens is 1. The summed E-state index contributed by atoms with van der Waals surface area (Å²) in [5.41, 5.74) is 3.99. The fourth-order valence-corrected chi connectivity index (χ4v) is 2.32. The molecule has 0 radical (unpaired) electrons. The van der Waals surface area contributed by atoms with Crippen molar-refractivity contribution in [3.05, 3.63) is 65.5 Å². The standard InChI is InChI=1S/C15H8FN/c16-14-7-3-6-12-10-4-1-2-5-11(10)13(8-9-17)15(12)14/h1-8H/b13-8+. The van der Waals surface area contributed by atoms with E-state index in [1.807, 2.05) is 36.4 Å². The second kappa shape index (κ2) is 3.57. The Kier molecular flexibility index (Phi) is 2.06. The molecule has 0 heterocycles. The van der Waals surface area contributed by atoms with E-state index in [-0.39, 0.29) is 5.82 Å². The molecule has 1 nitrogen and oxygen atoms in total. The van der Waals surface area contributed by atoms with E-state index in [1.54, 1.807) is 6.07 Å². The van der Waals surface area contributed by atoms with Crippen LogP contribution in [-0.4, -0.2) is 0 Å². The summed E-state index contributed by atoms with van der Waals surface area (Å²) >= 11 is 0. The summed E-state index contributed by atoms with van der Waals surface area (Å²) in [6.07, 6.45) is 1.41. The second-order valence-corrected chi connectivity index (χ2v) is 3.90. The average molecular weight is 221 g/mol. The van der Waals surface area contributed by atoms with Gasteiger partial charge in [-0.05, 0) is 22.8 Å². The minimum atomic E-state index is -0.278. The molecule has 0 fully saturated rings. The van der Waals surface area contributed by atoms with Crippen molar-refractivity contribution in [2.24, 2.45) is 0 Å². The Balaban J connectivity index is 2.43. The number of nitrogens with zero attached hydrogens (tertiary/aromatic N) is 1. The quantitative estimate of drug-likeness (QED) is 0.530. The van der Waals surface area contributed by atoms with E-state index in [4.69, 9.17) is 5.26 Å². The van der Waals surface area contributed by atoms with Crippen LogP contribution in [0.1, 0.15) is 11.1 Å². The highest BCUT2D eigenvalue weighted by Crippen LogP contribution is 2.44. The topological polar surface area (TPSA) is 23.8 Å². The minimum absolute atomic E-state index is 0.278. The first-order valence-corrected chi connectivity index (χ1v) is 5.31. The highest BCUT2D eigenvalue weighted by atomic mass is 19.1. The van der Waals surface area contributed by atoms with E-state index < -0.39 is 0 Å². The zero-order valence-corrected chi connectivity index (χ0v) is 8.94. The molecule has 1 aliphatic carbocycles. The lowest BCUT2D eigenvalue weighted by Gasteiger charge is -2.01. The van der Waals surface area contributed by atoms with Crippen LogP contribution in [0.25, 0.3) is 16.7 Å². The Morgan fingerprint density at radius 3 is 2.41 bits per heavy atom. The maximum absolute atomic E-state index is 13.9. The normalized spacial score (nSPS) is 14.2. The molecular formula is C15H8FN. The van der Waals surface area contributed by atoms with Crippen LogP contribution < -0.4 is 0 Å². The van der Waals surface area contributed by atoms with Gasteiger partial charge in [0.2, 0.25) is 0 Å². The fraction of sp³-hybridized carbons (Fsp3) is 0. The Bertz CT molecular complexity index is 678. The van der Waals surface area contributed by atoms with Gasteiger partial charge in [-0.1, -0.05) is 36.4 Å². The summed E-state index contributed by atoms with van der Waals surface area (Å²) < 4.78 is 13.9. The molecule has 0 atom stereocenters. The van der Waals surface area contributed by atoms with Gasteiger partial charge in [0.05, 0.1) is 6.07 Å². The first-order chi connectivity index (χ1) is 8.33. The summed E-state index contributed by atoms with van der Waals surface area (Å²) in [4.78, 5) is 0.